The molecule has 0 fully saturated rings. The van der Waals surface area contributed by atoms with Crippen LogP contribution in [0.15, 0.2) is 53.3 Å². The molecule has 140 valence electrons. The quantitative estimate of drug-likeness (QED) is 0.749. The molecule has 2 aromatic carbocycles. The number of aryl methyl sites for hydroxylation is 1. The monoisotopic (exact) mass is 363 g/mol. The molecule has 27 heavy (non-hydrogen) atoms. The minimum Gasteiger partial charge on any atom is -0.344 e. The van der Waals surface area contributed by atoms with E-state index < -0.39 is 0 Å². The number of hydrogen-bond acceptors (Lipinski definition) is 3. The molecule has 3 aromatic rings. The predicted molar refractivity (Wildman–Crippen MR) is 108 cm³/mol. The number of carbonyl (C=O) groups excluding carboxylic acids is 1. The first-order valence-corrected chi connectivity index (χ1v) is 9.24. The van der Waals surface area contributed by atoms with Crippen molar-refractivity contribution in [3.63, 3.8) is 0 Å². The summed E-state index contributed by atoms with van der Waals surface area (Å²) in [7, 11) is 0. The Labute approximate surface area is 159 Å². The minimum absolute atomic E-state index is 0.163. The van der Waals surface area contributed by atoms with Crippen LogP contribution in [0.5, 0.6) is 0 Å². The number of nitrogens with one attached hydrogen (secondary N) is 1. The Morgan fingerprint density at radius 1 is 1.04 bits per heavy atom. The van der Waals surface area contributed by atoms with Gasteiger partial charge in [0.25, 0.3) is 11.5 Å². The number of benzene rings is 2. The van der Waals surface area contributed by atoms with Crippen molar-refractivity contribution in [2.75, 3.05) is 0 Å². The number of nitrogens with zero attached hydrogens (tertiary/aromatic N) is 2. The van der Waals surface area contributed by atoms with Gasteiger partial charge in [-0.2, -0.15) is 5.10 Å². The molecule has 0 saturated carbocycles. The van der Waals surface area contributed by atoms with Gasteiger partial charge in [0.05, 0.1) is 11.4 Å². The van der Waals surface area contributed by atoms with Gasteiger partial charge in [-0.05, 0) is 31.4 Å². The molecule has 1 amide bonds. The number of rotatable bonds is 5. The molecule has 0 aliphatic heterocycles. The van der Waals surface area contributed by atoms with Crippen LogP contribution in [0.25, 0.3) is 10.8 Å². The first kappa shape index (κ1) is 18.8. The average Bonchev–Trinajstić information content (AvgIpc) is 2.64. The highest BCUT2D eigenvalue weighted by molar-refractivity contribution is 6.04. The van der Waals surface area contributed by atoms with Gasteiger partial charge in [0.2, 0.25) is 0 Å². The Bertz CT molecular complexity index is 1020. The normalized spacial score (nSPS) is 12.3. The van der Waals surface area contributed by atoms with Crippen molar-refractivity contribution in [2.24, 2.45) is 5.92 Å². The zero-order valence-electron chi connectivity index (χ0n) is 16.2. The highest BCUT2D eigenvalue weighted by atomic mass is 16.2. The topological polar surface area (TPSA) is 64.0 Å². The van der Waals surface area contributed by atoms with Crippen LogP contribution in [0.3, 0.4) is 0 Å². The van der Waals surface area contributed by atoms with Crippen molar-refractivity contribution in [3.8, 4) is 0 Å². The fourth-order valence-corrected chi connectivity index (χ4v) is 3.08. The van der Waals surface area contributed by atoms with E-state index in [2.05, 4.69) is 10.4 Å². The maximum Gasteiger partial charge on any atom is 0.274 e. The van der Waals surface area contributed by atoms with Crippen molar-refractivity contribution in [1.29, 1.82) is 0 Å². The first-order chi connectivity index (χ1) is 12.9. The summed E-state index contributed by atoms with van der Waals surface area (Å²) >= 11 is 0. The summed E-state index contributed by atoms with van der Waals surface area (Å²) < 4.78 is 1.40. The number of carbonyl (C=O) groups is 1. The summed E-state index contributed by atoms with van der Waals surface area (Å²) in [6, 6.07) is 15.0. The van der Waals surface area contributed by atoms with E-state index in [0.717, 1.165) is 5.56 Å². The van der Waals surface area contributed by atoms with Crippen LogP contribution < -0.4 is 10.9 Å². The predicted octanol–water partition coefficient (Wildman–Crippen LogP) is 3.85. The summed E-state index contributed by atoms with van der Waals surface area (Å²) in [5.41, 5.74) is 2.31. The summed E-state index contributed by atoms with van der Waals surface area (Å²) in [4.78, 5) is 25.7. The molecule has 0 aliphatic rings. The van der Waals surface area contributed by atoms with Gasteiger partial charge in [-0.3, -0.25) is 9.59 Å². The van der Waals surface area contributed by atoms with Gasteiger partial charge in [-0.25, -0.2) is 4.68 Å². The second-order valence-electron chi connectivity index (χ2n) is 7.38. The van der Waals surface area contributed by atoms with Gasteiger partial charge in [-0.1, -0.05) is 61.9 Å². The smallest absolute Gasteiger partial charge is 0.274 e. The molecule has 0 spiro atoms. The lowest BCUT2D eigenvalue weighted by Crippen LogP contribution is -2.32. The maximum absolute atomic E-state index is 13.0. The van der Waals surface area contributed by atoms with Crippen LogP contribution in [0.2, 0.25) is 0 Å². The largest absolute Gasteiger partial charge is 0.344 e. The van der Waals surface area contributed by atoms with Crippen LogP contribution in [-0.4, -0.2) is 15.7 Å². The van der Waals surface area contributed by atoms with Gasteiger partial charge >= 0.3 is 0 Å². The Hall–Kier alpha value is -2.95. The van der Waals surface area contributed by atoms with Crippen LogP contribution in [0.4, 0.5) is 0 Å². The summed E-state index contributed by atoms with van der Waals surface area (Å²) in [5, 5.41) is 8.50. The van der Waals surface area contributed by atoms with Crippen molar-refractivity contribution in [2.45, 2.75) is 40.3 Å². The van der Waals surface area contributed by atoms with E-state index in [1.54, 1.807) is 18.2 Å². The lowest BCUT2D eigenvalue weighted by atomic mass is 10.1. The number of hydrogen-bond donors (Lipinski definition) is 1. The lowest BCUT2D eigenvalue weighted by molar-refractivity contribution is 0.0934. The molecular weight excluding hydrogens is 338 g/mol. The lowest BCUT2D eigenvalue weighted by Gasteiger charge is -2.16. The summed E-state index contributed by atoms with van der Waals surface area (Å²) in [6.07, 6.45) is 0. The highest BCUT2D eigenvalue weighted by Gasteiger charge is 2.19. The van der Waals surface area contributed by atoms with Crippen molar-refractivity contribution >= 4 is 16.7 Å². The zero-order valence-corrected chi connectivity index (χ0v) is 16.2. The van der Waals surface area contributed by atoms with Crippen LogP contribution >= 0.6 is 0 Å². The maximum atomic E-state index is 13.0. The van der Waals surface area contributed by atoms with E-state index in [9.17, 15) is 9.59 Å². The molecule has 0 radical (unpaired) electrons. The van der Waals surface area contributed by atoms with Crippen molar-refractivity contribution < 1.29 is 4.79 Å². The van der Waals surface area contributed by atoms with E-state index in [1.807, 2.05) is 58.0 Å². The van der Waals surface area contributed by atoms with Gasteiger partial charge in [0.15, 0.2) is 5.69 Å². The molecular formula is C22H25N3O2. The van der Waals surface area contributed by atoms with E-state index >= 15 is 0 Å². The fraction of sp³-hybridized carbons (Fsp3) is 0.318. The Balaban J connectivity index is 1.99. The van der Waals surface area contributed by atoms with Crippen molar-refractivity contribution in [3.05, 3.63) is 75.7 Å². The molecule has 5 nitrogen and oxygen atoms in total. The standard InChI is InChI=1S/C22H25N3O2/c1-14(2)13-25-22(27)19-8-6-5-7-18(19)20(24-25)21(26)23-16(4)17-11-9-15(3)10-12-17/h5-12,14,16H,13H2,1-4H3,(H,23,26). The molecule has 0 saturated heterocycles. The summed E-state index contributed by atoms with van der Waals surface area (Å²) in [6.45, 7) is 8.47. The third-order valence-corrected chi connectivity index (χ3v) is 4.55. The SMILES string of the molecule is Cc1ccc(C(C)NC(=O)c2nn(CC(C)C)c(=O)c3ccccc23)cc1. The average molecular weight is 363 g/mol. The number of amides is 1. The van der Waals surface area contributed by atoms with Gasteiger partial charge < -0.3 is 5.32 Å². The molecule has 1 heterocycles. The number of aromatic nitrogens is 2. The third kappa shape index (κ3) is 4.08. The minimum atomic E-state index is -0.281. The van der Waals surface area contributed by atoms with Crippen LogP contribution in [0, 0.1) is 12.8 Å². The second-order valence-corrected chi connectivity index (χ2v) is 7.38. The summed E-state index contributed by atoms with van der Waals surface area (Å²) in [5.74, 6) is -0.0319. The first-order valence-electron chi connectivity index (χ1n) is 9.24. The molecule has 1 aromatic heterocycles. The molecule has 3 rings (SSSR count). The number of fused-ring (bicyclic) bond motifs is 1. The van der Waals surface area contributed by atoms with E-state index in [-0.39, 0.29) is 29.1 Å². The molecule has 0 bridgehead atoms. The Morgan fingerprint density at radius 3 is 2.30 bits per heavy atom. The second kappa shape index (κ2) is 7.74. The molecule has 0 aliphatic carbocycles. The Kier molecular flexibility index (Phi) is 5.40. The highest BCUT2D eigenvalue weighted by Crippen LogP contribution is 2.17. The van der Waals surface area contributed by atoms with E-state index in [1.165, 1.54) is 10.2 Å². The van der Waals surface area contributed by atoms with E-state index in [4.69, 9.17) is 0 Å². The van der Waals surface area contributed by atoms with Gasteiger partial charge in [0, 0.05) is 11.9 Å². The Morgan fingerprint density at radius 2 is 1.67 bits per heavy atom. The van der Waals surface area contributed by atoms with Crippen molar-refractivity contribution in [1.82, 2.24) is 15.1 Å². The van der Waals surface area contributed by atoms with Crippen LogP contribution in [0.1, 0.15) is 48.4 Å². The third-order valence-electron chi connectivity index (χ3n) is 4.55. The fourth-order valence-electron chi connectivity index (χ4n) is 3.08. The van der Waals surface area contributed by atoms with Gasteiger partial charge in [-0.15, -0.1) is 0 Å². The molecule has 1 atom stereocenters. The van der Waals surface area contributed by atoms with Crippen LogP contribution in [-0.2, 0) is 6.54 Å². The van der Waals surface area contributed by atoms with E-state index in [0.29, 0.717) is 17.3 Å². The molecule has 5 heteroatoms. The zero-order chi connectivity index (χ0) is 19.6. The van der Waals surface area contributed by atoms with Gasteiger partial charge in [0.1, 0.15) is 0 Å². The molecule has 1 unspecified atom stereocenters. The molecule has 1 N–H and O–H groups in total.